The first-order valence-corrected chi connectivity index (χ1v) is 13.0. The summed E-state index contributed by atoms with van der Waals surface area (Å²) in [6.45, 7) is 8.67. The number of nitrogens with zero attached hydrogens (tertiary/aromatic N) is 3. The highest BCUT2D eigenvalue weighted by atomic mass is 16.5. The summed E-state index contributed by atoms with van der Waals surface area (Å²) in [5.41, 5.74) is 3.73. The molecule has 1 aromatic carbocycles. The lowest BCUT2D eigenvalue weighted by molar-refractivity contribution is -0.139. The maximum Gasteiger partial charge on any atom is 0.347 e. The molecule has 39 heavy (non-hydrogen) atoms. The number of aryl methyl sites for hydroxylation is 1. The molecule has 1 fully saturated rings. The van der Waals surface area contributed by atoms with Crippen LogP contribution in [-0.2, 0) is 19.1 Å². The number of fused-ring (bicyclic) bond motifs is 1. The molecule has 0 amide bonds. The number of hydrogen-bond acceptors (Lipinski definition) is 8. The van der Waals surface area contributed by atoms with Gasteiger partial charge in [0.15, 0.2) is 11.3 Å². The normalized spacial score (nSPS) is 17.3. The van der Waals surface area contributed by atoms with Crippen LogP contribution in [0.15, 0.2) is 59.9 Å². The highest BCUT2D eigenvalue weighted by Gasteiger charge is 2.37. The maximum absolute atomic E-state index is 13.2. The summed E-state index contributed by atoms with van der Waals surface area (Å²) in [6.07, 6.45) is 5.02. The second kappa shape index (κ2) is 11.6. The lowest BCUT2D eigenvalue weighted by atomic mass is 10.1. The summed E-state index contributed by atoms with van der Waals surface area (Å²) >= 11 is 0. The number of carbonyl (C=O) groups excluding carboxylic acids is 2. The largest absolute Gasteiger partial charge is 0.462 e. The fourth-order valence-electron chi connectivity index (χ4n) is 4.51. The summed E-state index contributed by atoms with van der Waals surface area (Å²) in [4.78, 5) is 38.0. The average Bonchev–Trinajstić information content (AvgIpc) is 3.47. The quantitative estimate of drug-likeness (QED) is 0.219. The Balaban J connectivity index is 1.35. The zero-order chi connectivity index (χ0) is 27.4. The van der Waals surface area contributed by atoms with E-state index in [4.69, 9.17) is 9.47 Å². The SMILES string of the molecule is CCOC(=O)C1=C(Nc2ccc(C#CCN3CCN(C)CC3)cc2C)OC(=Cc2c[nH]c3ncccc23)C1=O. The van der Waals surface area contributed by atoms with E-state index in [1.54, 1.807) is 25.4 Å². The number of likely N-dealkylation sites (N-methyl/N-ethyl adjacent to an activating group) is 1. The molecular weight excluding hydrogens is 494 g/mol. The van der Waals surface area contributed by atoms with Crippen LogP contribution in [0.3, 0.4) is 0 Å². The molecule has 3 aromatic rings. The summed E-state index contributed by atoms with van der Waals surface area (Å²) in [6, 6.07) is 9.45. The Morgan fingerprint density at radius 2 is 2.08 bits per heavy atom. The third-order valence-corrected chi connectivity index (χ3v) is 6.75. The van der Waals surface area contributed by atoms with Gasteiger partial charge in [-0.1, -0.05) is 11.8 Å². The molecule has 2 N–H and O–H groups in total. The van der Waals surface area contributed by atoms with Crippen LogP contribution in [0.2, 0.25) is 0 Å². The summed E-state index contributed by atoms with van der Waals surface area (Å²) < 4.78 is 11.1. The van der Waals surface area contributed by atoms with Crippen LogP contribution in [-0.4, -0.2) is 77.9 Å². The second-order valence-electron chi connectivity index (χ2n) is 9.54. The van der Waals surface area contributed by atoms with Crippen molar-refractivity contribution in [1.29, 1.82) is 0 Å². The Bertz CT molecular complexity index is 1530. The van der Waals surface area contributed by atoms with Gasteiger partial charge in [-0.2, -0.15) is 0 Å². The van der Waals surface area contributed by atoms with Crippen LogP contribution in [0.25, 0.3) is 17.1 Å². The topological polar surface area (TPSA) is 99.8 Å². The Morgan fingerprint density at radius 1 is 1.26 bits per heavy atom. The van der Waals surface area contributed by atoms with E-state index >= 15 is 0 Å². The minimum atomic E-state index is -0.738. The van der Waals surface area contributed by atoms with E-state index < -0.39 is 11.8 Å². The molecule has 9 nitrogen and oxygen atoms in total. The molecule has 200 valence electrons. The number of carbonyl (C=O) groups is 2. The number of benzene rings is 1. The number of nitrogens with one attached hydrogen (secondary N) is 2. The zero-order valence-electron chi connectivity index (χ0n) is 22.3. The molecule has 0 unspecified atom stereocenters. The van der Waals surface area contributed by atoms with Gasteiger partial charge in [-0.05, 0) is 62.9 Å². The van der Waals surface area contributed by atoms with Gasteiger partial charge < -0.3 is 24.7 Å². The predicted molar refractivity (Wildman–Crippen MR) is 149 cm³/mol. The number of H-pyrrole nitrogens is 1. The van der Waals surface area contributed by atoms with E-state index in [1.165, 1.54) is 0 Å². The molecule has 1 saturated heterocycles. The Hall–Kier alpha value is -4.39. The minimum Gasteiger partial charge on any atom is -0.462 e. The van der Waals surface area contributed by atoms with E-state index in [-0.39, 0.29) is 23.8 Å². The molecule has 2 aliphatic rings. The Kier molecular flexibility index (Phi) is 7.77. The average molecular weight is 526 g/mol. The van der Waals surface area contributed by atoms with Crippen LogP contribution in [0.4, 0.5) is 5.69 Å². The number of ether oxygens (including phenoxy) is 2. The number of esters is 1. The van der Waals surface area contributed by atoms with Crippen molar-refractivity contribution >= 4 is 34.5 Å². The number of pyridine rings is 1. The first-order chi connectivity index (χ1) is 18.9. The highest BCUT2D eigenvalue weighted by Crippen LogP contribution is 2.31. The van der Waals surface area contributed by atoms with Gasteiger partial charge in [0.25, 0.3) is 0 Å². The number of rotatable bonds is 6. The van der Waals surface area contributed by atoms with Crippen molar-refractivity contribution < 1.29 is 19.1 Å². The van der Waals surface area contributed by atoms with E-state index in [0.29, 0.717) is 11.3 Å². The van der Waals surface area contributed by atoms with Gasteiger partial charge in [0.05, 0.1) is 13.2 Å². The summed E-state index contributed by atoms with van der Waals surface area (Å²) in [5.74, 6) is 5.29. The molecule has 9 heteroatoms. The predicted octanol–water partition coefficient (Wildman–Crippen LogP) is 3.30. The van der Waals surface area contributed by atoms with Gasteiger partial charge in [-0.15, -0.1) is 0 Å². The number of piperazine rings is 1. The van der Waals surface area contributed by atoms with Gasteiger partial charge in [-0.25, -0.2) is 9.78 Å². The lowest BCUT2D eigenvalue weighted by Crippen LogP contribution is -2.44. The molecule has 0 bridgehead atoms. The maximum atomic E-state index is 13.2. The third kappa shape index (κ3) is 5.87. The highest BCUT2D eigenvalue weighted by molar-refractivity contribution is 6.26. The van der Waals surface area contributed by atoms with Crippen molar-refractivity contribution in [3.63, 3.8) is 0 Å². The molecule has 0 saturated carbocycles. The van der Waals surface area contributed by atoms with E-state index in [0.717, 1.165) is 54.8 Å². The number of anilines is 1. The van der Waals surface area contributed by atoms with Gasteiger partial charge in [0, 0.05) is 60.8 Å². The molecule has 0 aliphatic carbocycles. The number of ketones is 1. The molecule has 0 spiro atoms. The minimum absolute atomic E-state index is 0.0225. The number of aromatic nitrogens is 2. The van der Waals surface area contributed by atoms with Gasteiger partial charge in [-0.3, -0.25) is 9.69 Å². The van der Waals surface area contributed by atoms with E-state index in [2.05, 4.69) is 44.0 Å². The van der Waals surface area contributed by atoms with Crippen LogP contribution in [0.5, 0.6) is 0 Å². The first kappa shape index (κ1) is 26.2. The Labute approximate surface area is 227 Å². The van der Waals surface area contributed by atoms with E-state index in [9.17, 15) is 9.59 Å². The van der Waals surface area contributed by atoms with Crippen molar-refractivity contribution in [2.45, 2.75) is 13.8 Å². The first-order valence-electron chi connectivity index (χ1n) is 13.0. The molecular formula is C30H31N5O4. The van der Waals surface area contributed by atoms with Gasteiger partial charge in [0.1, 0.15) is 5.65 Å². The summed E-state index contributed by atoms with van der Waals surface area (Å²) in [5, 5.41) is 3.96. The van der Waals surface area contributed by atoms with Crippen LogP contribution >= 0.6 is 0 Å². The molecule has 0 atom stereocenters. The summed E-state index contributed by atoms with van der Waals surface area (Å²) in [7, 11) is 2.14. The zero-order valence-corrected chi connectivity index (χ0v) is 22.3. The van der Waals surface area contributed by atoms with Crippen molar-refractivity contribution in [2.24, 2.45) is 0 Å². The van der Waals surface area contributed by atoms with Crippen LogP contribution < -0.4 is 5.32 Å². The number of aromatic amines is 1. The van der Waals surface area contributed by atoms with Crippen molar-refractivity contribution in [1.82, 2.24) is 19.8 Å². The molecule has 2 aliphatic heterocycles. The second-order valence-corrected chi connectivity index (χ2v) is 9.54. The number of hydrogen-bond donors (Lipinski definition) is 2. The van der Waals surface area contributed by atoms with Crippen LogP contribution in [0.1, 0.15) is 23.6 Å². The smallest absolute Gasteiger partial charge is 0.347 e. The fraction of sp³-hybridized carbons (Fsp3) is 0.300. The lowest BCUT2D eigenvalue weighted by Gasteiger charge is -2.30. The van der Waals surface area contributed by atoms with Crippen molar-refractivity contribution in [2.75, 3.05) is 51.7 Å². The third-order valence-electron chi connectivity index (χ3n) is 6.75. The van der Waals surface area contributed by atoms with Crippen molar-refractivity contribution in [3.8, 4) is 11.8 Å². The molecule has 5 rings (SSSR count). The Morgan fingerprint density at radius 3 is 2.85 bits per heavy atom. The van der Waals surface area contributed by atoms with Gasteiger partial charge >= 0.3 is 5.97 Å². The standard InChI is InChI=1S/C30H31N5O4/c1-4-38-30(37)26-27(36)25(18-22-19-32-28-23(22)8-5-11-31-28)39-29(26)33-24-10-9-21(17-20(24)2)7-6-12-35-15-13-34(3)14-16-35/h5,8-11,17-19,33H,4,12-16H2,1-3H3,(H,31,32). The monoisotopic (exact) mass is 525 g/mol. The molecule has 0 radical (unpaired) electrons. The number of allylic oxidation sites excluding steroid dienone is 1. The van der Waals surface area contributed by atoms with Crippen LogP contribution in [0, 0.1) is 18.8 Å². The number of Topliss-reactive ketones (excluding diaryl/α,β-unsaturated/α-hetero) is 1. The molecule has 4 heterocycles. The fourth-order valence-corrected chi connectivity index (χ4v) is 4.51. The van der Waals surface area contributed by atoms with Gasteiger partial charge in [0.2, 0.25) is 11.7 Å². The van der Waals surface area contributed by atoms with Crippen molar-refractivity contribution in [3.05, 3.63) is 76.6 Å². The molecule has 2 aromatic heterocycles. The van der Waals surface area contributed by atoms with E-state index in [1.807, 2.05) is 37.3 Å².